The summed E-state index contributed by atoms with van der Waals surface area (Å²) in [5, 5.41) is 32.1. The first-order valence-electron chi connectivity index (χ1n) is 14.3. The highest BCUT2D eigenvalue weighted by Crippen LogP contribution is 2.34. The van der Waals surface area contributed by atoms with E-state index in [1.54, 1.807) is 0 Å². The number of rotatable bonds is 8. The number of fused-ring (bicyclic) bond motifs is 1. The van der Waals surface area contributed by atoms with E-state index in [1.165, 1.54) is 0 Å². The molecule has 0 radical (unpaired) electrons. The maximum absolute atomic E-state index is 12.7. The quantitative estimate of drug-likeness (QED) is 0.248. The molecule has 2 fully saturated rings. The third-order valence-corrected chi connectivity index (χ3v) is 8.37. The molecule has 1 amide bonds. The van der Waals surface area contributed by atoms with Crippen molar-refractivity contribution in [2.75, 3.05) is 11.9 Å². The molecule has 2 aromatic carbocycles. The second-order valence-electron chi connectivity index (χ2n) is 11.7. The van der Waals surface area contributed by atoms with E-state index in [9.17, 15) is 15.0 Å². The number of benzene rings is 2. The fraction of sp³-hybridized carbons (Fsp3) is 0.406. The van der Waals surface area contributed by atoms with E-state index in [-0.39, 0.29) is 12.5 Å². The molecule has 6 rings (SSSR count). The van der Waals surface area contributed by atoms with E-state index in [4.69, 9.17) is 10.1 Å². The van der Waals surface area contributed by atoms with Gasteiger partial charge in [0.1, 0.15) is 0 Å². The van der Waals surface area contributed by atoms with Crippen LogP contribution in [0, 0.1) is 12.8 Å². The predicted molar refractivity (Wildman–Crippen MR) is 156 cm³/mol. The van der Waals surface area contributed by atoms with Crippen molar-refractivity contribution in [3.63, 3.8) is 0 Å². The lowest BCUT2D eigenvalue weighted by Gasteiger charge is -2.33. The standard InChI is InChI=1S/C32H37N5O3/c1-20-15-22(7-10-25(20)31(39)35-24-8-9-24)29-18-34-30-28(33-17-21-11-13-32(2,40)14-12-21)16-27(36-37(29)30)26-6-4-3-5-23(26)19-38/h3-7,10,15-16,18,21,24,33,38,40H,8-9,11-14,17,19H2,1-2H3,(H,35,39). The van der Waals surface area contributed by atoms with Crippen molar-refractivity contribution >= 4 is 17.2 Å². The summed E-state index contributed by atoms with van der Waals surface area (Å²) in [7, 11) is 0. The summed E-state index contributed by atoms with van der Waals surface area (Å²) >= 11 is 0. The van der Waals surface area contributed by atoms with Gasteiger partial charge in [-0.3, -0.25) is 4.79 Å². The van der Waals surface area contributed by atoms with Gasteiger partial charge < -0.3 is 20.8 Å². The number of amides is 1. The summed E-state index contributed by atoms with van der Waals surface area (Å²) in [4.78, 5) is 17.5. The van der Waals surface area contributed by atoms with Gasteiger partial charge in [0.05, 0.1) is 35.5 Å². The molecule has 2 aliphatic carbocycles. The van der Waals surface area contributed by atoms with Crippen LogP contribution in [0.5, 0.6) is 0 Å². The van der Waals surface area contributed by atoms with Crippen molar-refractivity contribution in [2.45, 2.75) is 70.6 Å². The zero-order chi connectivity index (χ0) is 27.9. The van der Waals surface area contributed by atoms with E-state index in [0.717, 1.165) is 90.0 Å². The molecule has 4 N–H and O–H groups in total. The van der Waals surface area contributed by atoms with Gasteiger partial charge >= 0.3 is 0 Å². The van der Waals surface area contributed by atoms with Crippen LogP contribution in [0.3, 0.4) is 0 Å². The van der Waals surface area contributed by atoms with Crippen molar-refractivity contribution in [1.82, 2.24) is 19.9 Å². The monoisotopic (exact) mass is 539 g/mol. The topological polar surface area (TPSA) is 112 Å². The Bertz CT molecular complexity index is 1550. The summed E-state index contributed by atoms with van der Waals surface area (Å²) in [5.41, 5.74) is 6.78. The third kappa shape index (κ3) is 5.46. The molecule has 208 valence electrons. The highest BCUT2D eigenvalue weighted by Gasteiger charge is 2.29. The minimum Gasteiger partial charge on any atom is -0.392 e. The van der Waals surface area contributed by atoms with E-state index in [0.29, 0.717) is 17.5 Å². The van der Waals surface area contributed by atoms with Gasteiger partial charge in [0.15, 0.2) is 5.65 Å². The minimum atomic E-state index is -0.564. The SMILES string of the molecule is Cc1cc(-c2cnc3c(NCC4CCC(C)(O)CC4)cc(-c4ccccc4CO)nn23)ccc1C(=O)NC1CC1. The molecule has 8 heteroatoms. The van der Waals surface area contributed by atoms with Gasteiger partial charge in [0.25, 0.3) is 5.91 Å². The molecule has 0 atom stereocenters. The Balaban J connectivity index is 1.37. The van der Waals surface area contributed by atoms with Crippen LogP contribution in [-0.2, 0) is 6.61 Å². The molecule has 0 spiro atoms. The largest absolute Gasteiger partial charge is 0.392 e. The number of aromatic nitrogens is 3. The van der Waals surface area contributed by atoms with Crippen LogP contribution in [-0.4, -0.2) is 48.9 Å². The maximum Gasteiger partial charge on any atom is 0.251 e. The summed E-state index contributed by atoms with van der Waals surface area (Å²) in [6, 6.07) is 15.9. The first-order chi connectivity index (χ1) is 19.3. The fourth-order valence-corrected chi connectivity index (χ4v) is 5.66. The molecular weight excluding hydrogens is 502 g/mol. The van der Waals surface area contributed by atoms with Crippen molar-refractivity contribution in [2.24, 2.45) is 5.92 Å². The second kappa shape index (κ2) is 10.7. The molecule has 2 aromatic heterocycles. The Morgan fingerprint density at radius 1 is 1.10 bits per heavy atom. The number of aliphatic hydroxyl groups is 2. The highest BCUT2D eigenvalue weighted by atomic mass is 16.3. The molecule has 8 nitrogen and oxygen atoms in total. The van der Waals surface area contributed by atoms with Crippen LogP contribution >= 0.6 is 0 Å². The van der Waals surface area contributed by atoms with Gasteiger partial charge in [0.2, 0.25) is 0 Å². The van der Waals surface area contributed by atoms with Gasteiger partial charge in [-0.25, -0.2) is 9.50 Å². The fourth-order valence-electron chi connectivity index (χ4n) is 5.66. The number of nitrogens with zero attached hydrogens (tertiary/aromatic N) is 3. The molecule has 2 aliphatic rings. The zero-order valence-corrected chi connectivity index (χ0v) is 23.2. The van der Waals surface area contributed by atoms with Crippen LogP contribution in [0.25, 0.3) is 28.2 Å². The lowest BCUT2D eigenvalue weighted by molar-refractivity contribution is 0.00976. The second-order valence-corrected chi connectivity index (χ2v) is 11.7. The lowest BCUT2D eigenvalue weighted by atomic mass is 9.80. The van der Waals surface area contributed by atoms with E-state index in [2.05, 4.69) is 10.6 Å². The molecule has 2 saturated carbocycles. The molecule has 0 unspecified atom stereocenters. The van der Waals surface area contributed by atoms with E-state index in [1.807, 2.05) is 73.1 Å². The normalized spacial score (nSPS) is 20.9. The highest BCUT2D eigenvalue weighted by molar-refractivity contribution is 5.96. The molecule has 0 aliphatic heterocycles. The molecule has 0 bridgehead atoms. The van der Waals surface area contributed by atoms with Gasteiger partial charge in [0, 0.05) is 29.3 Å². The van der Waals surface area contributed by atoms with Crippen LogP contribution in [0.2, 0.25) is 0 Å². The van der Waals surface area contributed by atoms with Crippen molar-refractivity contribution in [1.29, 1.82) is 0 Å². The van der Waals surface area contributed by atoms with E-state index < -0.39 is 5.60 Å². The van der Waals surface area contributed by atoms with Crippen molar-refractivity contribution in [3.05, 3.63) is 71.4 Å². The average molecular weight is 540 g/mol. The number of aryl methyl sites for hydroxylation is 1. The zero-order valence-electron chi connectivity index (χ0n) is 23.2. The number of imidazole rings is 1. The number of hydrogen-bond donors (Lipinski definition) is 4. The van der Waals surface area contributed by atoms with Gasteiger partial charge in [-0.15, -0.1) is 0 Å². The Morgan fingerprint density at radius 3 is 2.60 bits per heavy atom. The van der Waals surface area contributed by atoms with Crippen LogP contribution in [0.4, 0.5) is 5.69 Å². The Labute approximate surface area is 234 Å². The first kappa shape index (κ1) is 26.5. The van der Waals surface area contributed by atoms with Crippen molar-refractivity contribution in [3.8, 4) is 22.5 Å². The molecule has 0 saturated heterocycles. The average Bonchev–Trinajstić information content (AvgIpc) is 3.66. The summed E-state index contributed by atoms with van der Waals surface area (Å²) < 4.78 is 1.86. The third-order valence-electron chi connectivity index (χ3n) is 8.37. The molecule has 2 heterocycles. The number of aliphatic hydroxyl groups excluding tert-OH is 1. The number of hydrogen-bond acceptors (Lipinski definition) is 6. The predicted octanol–water partition coefficient (Wildman–Crippen LogP) is 5.11. The maximum atomic E-state index is 12.7. The molecule has 40 heavy (non-hydrogen) atoms. The van der Waals surface area contributed by atoms with Gasteiger partial charge in [-0.05, 0) is 87.6 Å². The Hall–Kier alpha value is -3.75. The van der Waals surface area contributed by atoms with Crippen LogP contribution in [0.1, 0.15) is 66.9 Å². The lowest BCUT2D eigenvalue weighted by Crippen LogP contribution is -2.32. The molecular formula is C32H37N5O3. The van der Waals surface area contributed by atoms with Crippen LogP contribution < -0.4 is 10.6 Å². The summed E-state index contributed by atoms with van der Waals surface area (Å²) in [6.07, 6.45) is 7.49. The summed E-state index contributed by atoms with van der Waals surface area (Å²) in [6.45, 7) is 4.58. The smallest absolute Gasteiger partial charge is 0.251 e. The number of carbonyl (C=O) groups excluding carboxylic acids is 1. The Morgan fingerprint density at radius 2 is 1.88 bits per heavy atom. The number of anilines is 1. The number of nitrogens with one attached hydrogen (secondary N) is 2. The van der Waals surface area contributed by atoms with Crippen molar-refractivity contribution < 1.29 is 15.0 Å². The Kier molecular flexibility index (Phi) is 7.06. The van der Waals surface area contributed by atoms with Crippen LogP contribution in [0.15, 0.2) is 54.7 Å². The summed E-state index contributed by atoms with van der Waals surface area (Å²) in [5.74, 6) is 0.439. The number of carbonyl (C=O) groups is 1. The van der Waals surface area contributed by atoms with E-state index >= 15 is 0 Å². The molecule has 4 aromatic rings. The minimum absolute atomic E-state index is 0.0265. The van der Waals surface area contributed by atoms with Gasteiger partial charge in [-0.2, -0.15) is 5.10 Å². The van der Waals surface area contributed by atoms with Gasteiger partial charge in [-0.1, -0.05) is 30.3 Å². The first-order valence-corrected chi connectivity index (χ1v) is 14.3.